The fourth-order valence-corrected chi connectivity index (χ4v) is 4.78. The lowest BCUT2D eigenvalue weighted by Crippen LogP contribution is -2.10. The number of anilines is 3. The number of para-hydroxylation sites is 1. The molecule has 0 atom stereocenters. The first kappa shape index (κ1) is 20.3. The van der Waals surface area contributed by atoms with Crippen molar-refractivity contribution in [3.05, 3.63) is 133 Å². The Hall–Kier alpha value is -4.30. The monoisotopic (exact) mass is 433 g/mol. The fraction of sp³-hybridized carbons (Fsp3) is 0. The molecule has 0 spiro atoms. The highest BCUT2D eigenvalue weighted by Crippen LogP contribution is 2.37. The number of rotatable bonds is 4. The van der Waals surface area contributed by atoms with Crippen molar-refractivity contribution in [1.29, 1.82) is 0 Å². The molecule has 6 aromatic rings. The molecule has 0 saturated heterocycles. The molecule has 2 heteroatoms. The van der Waals surface area contributed by atoms with E-state index in [1.807, 2.05) is 0 Å². The summed E-state index contributed by atoms with van der Waals surface area (Å²) < 4.78 is 0. The Bertz CT molecular complexity index is 1600. The summed E-state index contributed by atoms with van der Waals surface area (Å²) in [5.41, 5.74) is 7.21. The number of hydrogen-bond donors (Lipinski definition) is 0. The van der Waals surface area contributed by atoms with Gasteiger partial charge in [-0.3, -0.25) is 0 Å². The van der Waals surface area contributed by atoms with Crippen LogP contribution >= 0.6 is 0 Å². The van der Waals surface area contributed by atoms with Crippen LogP contribution in [0.5, 0.6) is 0 Å². The standard InChI is InChI=1S/C32H24BN/c33-27-17-13-26-22-30(20-16-25(26)21-27)34(28-9-2-1-3-10-28)29-18-14-24(15-19-29)32-12-6-8-23-7-4-5-11-31(23)32/h1-22H,33H2. The summed E-state index contributed by atoms with van der Waals surface area (Å²) in [4.78, 5) is 2.33. The van der Waals surface area contributed by atoms with E-state index in [4.69, 9.17) is 0 Å². The summed E-state index contributed by atoms with van der Waals surface area (Å²) in [6.45, 7) is 0. The summed E-state index contributed by atoms with van der Waals surface area (Å²) in [5, 5.41) is 5.06. The Morgan fingerprint density at radius 2 is 1.09 bits per heavy atom. The lowest BCUT2D eigenvalue weighted by Gasteiger charge is -2.26. The molecule has 0 aromatic heterocycles. The van der Waals surface area contributed by atoms with Crippen molar-refractivity contribution in [2.45, 2.75) is 0 Å². The van der Waals surface area contributed by atoms with Gasteiger partial charge in [0.15, 0.2) is 0 Å². The Morgan fingerprint density at radius 3 is 1.94 bits per heavy atom. The maximum absolute atomic E-state index is 2.33. The molecule has 0 bridgehead atoms. The Morgan fingerprint density at radius 1 is 0.441 bits per heavy atom. The second kappa shape index (κ2) is 8.57. The van der Waals surface area contributed by atoms with Gasteiger partial charge < -0.3 is 4.90 Å². The molecular weight excluding hydrogens is 409 g/mol. The van der Waals surface area contributed by atoms with Gasteiger partial charge >= 0.3 is 0 Å². The first-order valence-corrected chi connectivity index (χ1v) is 11.7. The van der Waals surface area contributed by atoms with Crippen LogP contribution in [0.1, 0.15) is 0 Å². The molecule has 0 aliphatic heterocycles. The summed E-state index contributed by atoms with van der Waals surface area (Å²) in [7, 11) is 2.14. The normalized spacial score (nSPS) is 11.1. The van der Waals surface area contributed by atoms with Crippen LogP contribution in [0.2, 0.25) is 0 Å². The van der Waals surface area contributed by atoms with Gasteiger partial charge in [0.05, 0.1) is 0 Å². The molecule has 6 aromatic carbocycles. The fourth-order valence-electron chi connectivity index (χ4n) is 4.78. The molecule has 0 amide bonds. The minimum absolute atomic E-state index is 1.14. The number of fused-ring (bicyclic) bond motifs is 2. The summed E-state index contributed by atoms with van der Waals surface area (Å²) in [6.07, 6.45) is 0. The first-order valence-electron chi connectivity index (χ1n) is 11.7. The van der Waals surface area contributed by atoms with E-state index < -0.39 is 0 Å². The average Bonchev–Trinajstić information content (AvgIpc) is 2.90. The lowest BCUT2D eigenvalue weighted by atomic mass is 9.93. The Balaban J connectivity index is 1.46. The number of hydrogen-bond acceptors (Lipinski definition) is 1. The predicted molar refractivity (Wildman–Crippen MR) is 150 cm³/mol. The second-order valence-electron chi connectivity index (χ2n) is 8.78. The van der Waals surface area contributed by atoms with E-state index in [0.717, 1.165) is 17.1 Å². The SMILES string of the molecule is Bc1ccc2cc(N(c3ccccc3)c3ccc(-c4cccc5ccccc45)cc3)ccc2c1. The van der Waals surface area contributed by atoms with Crippen molar-refractivity contribution in [2.24, 2.45) is 0 Å². The van der Waals surface area contributed by atoms with E-state index in [1.165, 1.54) is 38.1 Å². The highest BCUT2D eigenvalue weighted by molar-refractivity contribution is 6.33. The van der Waals surface area contributed by atoms with Crippen LogP contribution in [-0.2, 0) is 0 Å². The van der Waals surface area contributed by atoms with Crippen molar-refractivity contribution in [3.8, 4) is 11.1 Å². The Labute approximate surface area is 201 Å². The van der Waals surface area contributed by atoms with E-state index in [2.05, 4.69) is 146 Å². The number of benzene rings is 6. The van der Waals surface area contributed by atoms with Crippen LogP contribution in [0.15, 0.2) is 133 Å². The van der Waals surface area contributed by atoms with Gasteiger partial charge in [-0.2, -0.15) is 0 Å². The van der Waals surface area contributed by atoms with Gasteiger partial charge in [0, 0.05) is 17.1 Å². The predicted octanol–water partition coefficient (Wildman–Crippen LogP) is 7.39. The van der Waals surface area contributed by atoms with E-state index >= 15 is 0 Å². The van der Waals surface area contributed by atoms with Crippen molar-refractivity contribution in [2.75, 3.05) is 4.90 Å². The molecular formula is C32H24BN. The molecule has 0 radical (unpaired) electrons. The molecule has 0 unspecified atom stereocenters. The van der Waals surface area contributed by atoms with Gasteiger partial charge in [0.2, 0.25) is 0 Å². The summed E-state index contributed by atoms with van der Waals surface area (Å²) >= 11 is 0. The van der Waals surface area contributed by atoms with E-state index in [-0.39, 0.29) is 0 Å². The third-order valence-electron chi connectivity index (χ3n) is 6.48. The maximum atomic E-state index is 2.33. The van der Waals surface area contributed by atoms with Crippen LogP contribution in [0.25, 0.3) is 32.7 Å². The van der Waals surface area contributed by atoms with E-state index in [9.17, 15) is 0 Å². The van der Waals surface area contributed by atoms with Crippen molar-refractivity contribution >= 4 is 51.9 Å². The molecule has 34 heavy (non-hydrogen) atoms. The molecule has 160 valence electrons. The summed E-state index contributed by atoms with van der Waals surface area (Å²) in [5.74, 6) is 0. The zero-order chi connectivity index (χ0) is 22.9. The number of nitrogens with zero attached hydrogens (tertiary/aromatic N) is 1. The van der Waals surface area contributed by atoms with Crippen LogP contribution in [0, 0.1) is 0 Å². The summed E-state index contributed by atoms with van der Waals surface area (Å²) in [6, 6.07) is 47.9. The Kier molecular flexibility index (Phi) is 5.12. The molecule has 6 rings (SSSR count). The lowest BCUT2D eigenvalue weighted by molar-refractivity contribution is 1.29. The van der Waals surface area contributed by atoms with Crippen LogP contribution in [0.3, 0.4) is 0 Å². The molecule has 0 N–H and O–H groups in total. The van der Waals surface area contributed by atoms with Gasteiger partial charge in [0.1, 0.15) is 7.85 Å². The quantitative estimate of drug-likeness (QED) is 0.262. The van der Waals surface area contributed by atoms with E-state index in [0.29, 0.717) is 0 Å². The van der Waals surface area contributed by atoms with Gasteiger partial charge in [-0.1, -0.05) is 103 Å². The third-order valence-corrected chi connectivity index (χ3v) is 6.48. The molecule has 0 aliphatic carbocycles. The average molecular weight is 433 g/mol. The zero-order valence-electron chi connectivity index (χ0n) is 19.1. The van der Waals surface area contributed by atoms with Gasteiger partial charge in [0.25, 0.3) is 0 Å². The second-order valence-corrected chi connectivity index (χ2v) is 8.78. The third kappa shape index (κ3) is 3.74. The van der Waals surface area contributed by atoms with Gasteiger partial charge in [-0.25, -0.2) is 0 Å². The molecule has 1 nitrogen and oxygen atoms in total. The van der Waals surface area contributed by atoms with Crippen molar-refractivity contribution < 1.29 is 0 Å². The van der Waals surface area contributed by atoms with Crippen LogP contribution in [0.4, 0.5) is 17.1 Å². The molecule has 0 heterocycles. The molecule has 0 aliphatic rings. The van der Waals surface area contributed by atoms with Gasteiger partial charge in [-0.15, -0.1) is 0 Å². The topological polar surface area (TPSA) is 3.24 Å². The first-order chi connectivity index (χ1) is 16.8. The smallest absolute Gasteiger partial charge is 0.139 e. The van der Waals surface area contributed by atoms with E-state index in [1.54, 1.807) is 0 Å². The van der Waals surface area contributed by atoms with Crippen molar-refractivity contribution in [3.63, 3.8) is 0 Å². The highest BCUT2D eigenvalue weighted by atomic mass is 15.1. The largest absolute Gasteiger partial charge is 0.310 e. The van der Waals surface area contributed by atoms with Crippen LogP contribution in [-0.4, -0.2) is 7.85 Å². The maximum Gasteiger partial charge on any atom is 0.139 e. The van der Waals surface area contributed by atoms with Crippen molar-refractivity contribution in [1.82, 2.24) is 0 Å². The molecule has 0 saturated carbocycles. The van der Waals surface area contributed by atoms with Gasteiger partial charge in [-0.05, 0) is 69.1 Å². The highest BCUT2D eigenvalue weighted by Gasteiger charge is 2.13. The minimum Gasteiger partial charge on any atom is -0.310 e. The zero-order valence-corrected chi connectivity index (χ0v) is 19.1. The minimum atomic E-state index is 1.14. The molecule has 0 fully saturated rings. The van der Waals surface area contributed by atoms with Crippen LogP contribution < -0.4 is 10.4 Å².